The molecular weight excluding hydrogens is 301 g/mol. The molecule has 1 N–H and O–H groups in total. The van der Waals surface area contributed by atoms with Crippen molar-refractivity contribution in [2.24, 2.45) is 0 Å². The van der Waals surface area contributed by atoms with Gasteiger partial charge in [0.15, 0.2) is 0 Å². The highest BCUT2D eigenvalue weighted by Crippen LogP contribution is 2.36. The molecule has 21 heavy (non-hydrogen) atoms. The highest BCUT2D eigenvalue weighted by Gasteiger charge is 2.29. The number of piperidine rings is 1. The van der Waals surface area contributed by atoms with E-state index in [-0.39, 0.29) is 28.6 Å². The third-order valence-corrected chi connectivity index (χ3v) is 4.19. The van der Waals surface area contributed by atoms with Crippen LogP contribution in [0.5, 0.6) is 0 Å². The Balaban J connectivity index is 2.02. The third kappa shape index (κ3) is 4.64. The van der Waals surface area contributed by atoms with Gasteiger partial charge in [-0.1, -0.05) is 0 Å². The molecule has 1 aromatic rings. The molecule has 1 saturated heterocycles. The van der Waals surface area contributed by atoms with Crippen LogP contribution in [-0.2, 0) is 0 Å². The van der Waals surface area contributed by atoms with Crippen LogP contribution in [0.1, 0.15) is 23.2 Å². The largest absolute Gasteiger partial charge is 0.446 e. The van der Waals surface area contributed by atoms with E-state index in [0.717, 1.165) is 12.8 Å². The Bertz CT molecular complexity index is 490. The molecule has 116 valence electrons. The van der Waals surface area contributed by atoms with Crippen molar-refractivity contribution >= 4 is 17.7 Å². The Labute approximate surface area is 125 Å². The lowest BCUT2D eigenvalue weighted by Crippen LogP contribution is -2.46. The molecule has 1 atom stereocenters. The van der Waals surface area contributed by atoms with Gasteiger partial charge in [-0.15, -0.1) is 0 Å². The lowest BCUT2D eigenvalue weighted by molar-refractivity contribution is -0.0328. The van der Waals surface area contributed by atoms with Gasteiger partial charge in [0.2, 0.25) is 0 Å². The molecular formula is C14H17F3N2OS. The summed E-state index contributed by atoms with van der Waals surface area (Å²) in [5, 5.41) is 3.15. The number of amides is 1. The molecule has 0 saturated carbocycles. The van der Waals surface area contributed by atoms with Gasteiger partial charge in [-0.3, -0.25) is 4.79 Å². The summed E-state index contributed by atoms with van der Waals surface area (Å²) in [4.78, 5) is 14.2. The number of alkyl halides is 3. The molecule has 1 unspecified atom stereocenters. The number of nitrogens with one attached hydrogen (secondary N) is 1. The first-order valence-electron chi connectivity index (χ1n) is 6.71. The zero-order valence-corrected chi connectivity index (χ0v) is 12.4. The average molecular weight is 318 g/mol. The number of nitrogens with zero attached hydrogens (tertiary/aromatic N) is 1. The second-order valence-electron chi connectivity index (χ2n) is 4.95. The van der Waals surface area contributed by atoms with E-state index in [1.54, 1.807) is 4.90 Å². The second kappa shape index (κ2) is 6.70. The molecule has 1 amide bonds. The van der Waals surface area contributed by atoms with Gasteiger partial charge in [0.25, 0.3) is 5.91 Å². The van der Waals surface area contributed by atoms with E-state index < -0.39 is 5.51 Å². The minimum atomic E-state index is -4.31. The number of benzene rings is 1. The summed E-state index contributed by atoms with van der Waals surface area (Å²) >= 11 is -0.174. The summed E-state index contributed by atoms with van der Waals surface area (Å²) in [5.74, 6) is -0.126. The molecule has 0 bridgehead atoms. The van der Waals surface area contributed by atoms with E-state index in [1.807, 2.05) is 7.05 Å². The van der Waals surface area contributed by atoms with Gasteiger partial charge < -0.3 is 10.2 Å². The SMILES string of the molecule is CNC1CCCN(C(=O)c2ccc(SC(F)(F)F)cc2)C1. The van der Waals surface area contributed by atoms with Gasteiger partial charge in [0.05, 0.1) is 0 Å². The van der Waals surface area contributed by atoms with Crippen LogP contribution in [0, 0.1) is 0 Å². The van der Waals surface area contributed by atoms with Crippen LogP contribution in [0.2, 0.25) is 0 Å². The number of rotatable bonds is 3. The van der Waals surface area contributed by atoms with Gasteiger partial charge >= 0.3 is 5.51 Å². The van der Waals surface area contributed by atoms with Crippen molar-refractivity contribution in [1.29, 1.82) is 0 Å². The molecule has 1 aliphatic heterocycles. The molecule has 1 fully saturated rings. The molecule has 3 nitrogen and oxygen atoms in total. The number of halogens is 3. The molecule has 0 aliphatic carbocycles. The maximum Gasteiger partial charge on any atom is 0.446 e. The fourth-order valence-corrected chi connectivity index (χ4v) is 2.92. The molecule has 1 heterocycles. The Morgan fingerprint density at radius 3 is 2.57 bits per heavy atom. The van der Waals surface area contributed by atoms with Crippen LogP contribution in [0.3, 0.4) is 0 Å². The predicted molar refractivity (Wildman–Crippen MR) is 76.3 cm³/mol. The summed E-state index contributed by atoms with van der Waals surface area (Å²) in [6.45, 7) is 1.32. The fourth-order valence-electron chi connectivity index (χ4n) is 2.38. The van der Waals surface area contributed by atoms with Crippen LogP contribution in [-0.4, -0.2) is 42.5 Å². The van der Waals surface area contributed by atoms with Crippen molar-refractivity contribution < 1.29 is 18.0 Å². The van der Waals surface area contributed by atoms with Gasteiger partial charge in [0, 0.05) is 29.6 Å². The summed E-state index contributed by atoms with van der Waals surface area (Å²) < 4.78 is 36.8. The number of likely N-dealkylation sites (N-methyl/N-ethyl adjacent to an activating group) is 1. The molecule has 0 radical (unpaired) electrons. The van der Waals surface area contributed by atoms with E-state index in [4.69, 9.17) is 0 Å². The quantitative estimate of drug-likeness (QED) is 0.869. The van der Waals surface area contributed by atoms with Crippen molar-refractivity contribution in [3.8, 4) is 0 Å². The van der Waals surface area contributed by atoms with Gasteiger partial charge in [0.1, 0.15) is 0 Å². The van der Waals surface area contributed by atoms with Crippen LogP contribution < -0.4 is 5.32 Å². The molecule has 0 aromatic heterocycles. The number of hydrogen-bond donors (Lipinski definition) is 1. The number of likely N-dealkylation sites (tertiary alicyclic amines) is 1. The predicted octanol–water partition coefficient (Wildman–Crippen LogP) is 3.12. The second-order valence-corrected chi connectivity index (χ2v) is 6.09. The molecule has 1 aliphatic rings. The highest BCUT2D eigenvalue weighted by molar-refractivity contribution is 8.00. The van der Waals surface area contributed by atoms with Crippen molar-refractivity contribution in [2.45, 2.75) is 29.3 Å². The molecule has 7 heteroatoms. The molecule has 1 aromatic carbocycles. The summed E-state index contributed by atoms with van der Waals surface area (Å²) in [7, 11) is 1.86. The van der Waals surface area contributed by atoms with Crippen molar-refractivity contribution in [2.75, 3.05) is 20.1 Å². The molecule has 2 rings (SSSR count). The van der Waals surface area contributed by atoms with Crippen molar-refractivity contribution in [3.63, 3.8) is 0 Å². The Kier molecular flexibility index (Phi) is 5.16. The normalized spacial score (nSPS) is 19.6. The van der Waals surface area contributed by atoms with Crippen LogP contribution in [0.25, 0.3) is 0 Å². The monoisotopic (exact) mass is 318 g/mol. The lowest BCUT2D eigenvalue weighted by Gasteiger charge is -2.32. The fraction of sp³-hybridized carbons (Fsp3) is 0.500. The third-order valence-electron chi connectivity index (χ3n) is 3.45. The smallest absolute Gasteiger partial charge is 0.337 e. The topological polar surface area (TPSA) is 32.3 Å². The zero-order valence-electron chi connectivity index (χ0n) is 11.6. The highest BCUT2D eigenvalue weighted by atomic mass is 32.2. The van der Waals surface area contributed by atoms with Crippen LogP contribution >= 0.6 is 11.8 Å². The first-order chi connectivity index (χ1) is 9.89. The van der Waals surface area contributed by atoms with Crippen molar-refractivity contribution in [1.82, 2.24) is 10.2 Å². The van der Waals surface area contributed by atoms with Gasteiger partial charge in [-0.25, -0.2) is 0 Å². The minimum absolute atomic E-state index is 0.0887. The Hall–Kier alpha value is -1.21. The van der Waals surface area contributed by atoms with E-state index in [1.165, 1.54) is 24.3 Å². The van der Waals surface area contributed by atoms with E-state index >= 15 is 0 Å². The summed E-state index contributed by atoms with van der Waals surface area (Å²) in [6.07, 6.45) is 1.96. The minimum Gasteiger partial charge on any atom is -0.337 e. The number of carbonyl (C=O) groups excluding carboxylic acids is 1. The number of hydrogen-bond acceptors (Lipinski definition) is 3. The number of carbonyl (C=O) groups is 1. The zero-order chi connectivity index (χ0) is 15.5. The molecule has 0 spiro atoms. The van der Waals surface area contributed by atoms with E-state index in [2.05, 4.69) is 5.32 Å². The van der Waals surface area contributed by atoms with Gasteiger partial charge in [-0.2, -0.15) is 13.2 Å². The van der Waals surface area contributed by atoms with E-state index in [9.17, 15) is 18.0 Å². The average Bonchev–Trinajstić information content (AvgIpc) is 2.46. The van der Waals surface area contributed by atoms with Crippen LogP contribution in [0.15, 0.2) is 29.2 Å². The first-order valence-corrected chi connectivity index (χ1v) is 7.53. The summed E-state index contributed by atoms with van der Waals surface area (Å²) in [6, 6.07) is 5.87. The Morgan fingerprint density at radius 2 is 2.00 bits per heavy atom. The van der Waals surface area contributed by atoms with E-state index in [0.29, 0.717) is 18.7 Å². The standard InChI is InChI=1S/C14H17F3N2OS/c1-18-11-3-2-8-19(9-11)13(20)10-4-6-12(7-5-10)21-14(15,16)17/h4-7,11,18H,2-3,8-9H2,1H3. The van der Waals surface area contributed by atoms with Crippen molar-refractivity contribution in [3.05, 3.63) is 29.8 Å². The van der Waals surface area contributed by atoms with Gasteiger partial charge in [-0.05, 0) is 55.9 Å². The maximum atomic E-state index is 12.3. The van der Waals surface area contributed by atoms with Crippen LogP contribution in [0.4, 0.5) is 13.2 Å². The first kappa shape index (κ1) is 16.2. The Morgan fingerprint density at radius 1 is 1.33 bits per heavy atom. The number of thioether (sulfide) groups is 1. The lowest BCUT2D eigenvalue weighted by atomic mass is 10.0. The maximum absolute atomic E-state index is 12.3. The summed E-state index contributed by atoms with van der Waals surface area (Å²) in [5.41, 5.74) is -3.88.